The lowest BCUT2D eigenvalue weighted by molar-refractivity contribution is -0.318. The number of ether oxygens (including phenoxy) is 12. The number of carboxylic acids is 1. The Morgan fingerprint density at radius 2 is 0.906 bits per heavy atom. The minimum atomic E-state index is -1.92. The summed E-state index contributed by atoms with van der Waals surface area (Å²) in [6.07, 6.45) is -7.17. The van der Waals surface area contributed by atoms with Gasteiger partial charge >= 0.3 is 17.9 Å². The number of hydrogen-bond acceptors (Lipinski definition) is 33. The summed E-state index contributed by atoms with van der Waals surface area (Å²) in [6, 6.07) is 17.5. The molecular formula is C104H170N8O27. The summed E-state index contributed by atoms with van der Waals surface area (Å²) in [5.74, 6) is -6.78. The number of fused-ring (bicyclic) bond motifs is 2. The Morgan fingerprint density at radius 3 is 1.27 bits per heavy atom. The van der Waals surface area contributed by atoms with Crippen LogP contribution in [0.3, 0.4) is 0 Å². The van der Waals surface area contributed by atoms with E-state index in [2.05, 4.69) is 20.2 Å². The highest BCUT2D eigenvalue weighted by atomic mass is 16.7. The Hall–Kier alpha value is -6.38. The number of aliphatic hydroxyl groups excluding tert-OH is 6. The summed E-state index contributed by atoms with van der Waals surface area (Å²) < 4.78 is 75.8. The summed E-state index contributed by atoms with van der Waals surface area (Å²) in [6.45, 7) is 37.6. The smallest absolute Gasteiger partial charge is 0.328 e. The lowest BCUT2D eigenvalue weighted by Gasteiger charge is -2.48. The number of nitrogens with one attached hydrogen (secondary N) is 1. The number of carboxylic acid groups (broad SMARTS) is 1. The van der Waals surface area contributed by atoms with Gasteiger partial charge < -0.3 is 134 Å². The molecule has 788 valence electrons. The fourth-order valence-corrected chi connectivity index (χ4v) is 21.3. The van der Waals surface area contributed by atoms with Crippen LogP contribution in [-0.4, -0.2) is 372 Å². The number of nitrogens with zero attached hydrogens (tertiary/aromatic N) is 6. The molecule has 2 aromatic carbocycles. The molecule has 2 aromatic heterocycles. The van der Waals surface area contributed by atoms with Crippen molar-refractivity contribution >= 4 is 57.8 Å². The first-order valence-electron chi connectivity index (χ1n) is 49.8. The third-order valence-electron chi connectivity index (χ3n) is 29.7. The second-order valence-electron chi connectivity index (χ2n) is 42.2. The number of amides is 1. The zero-order valence-corrected chi connectivity index (χ0v) is 87.1. The molecule has 1 amide bonds. The highest BCUT2D eigenvalue weighted by Crippen LogP contribution is 2.45. The van der Waals surface area contributed by atoms with Crippen LogP contribution in [0.5, 0.6) is 0 Å². The van der Waals surface area contributed by atoms with Gasteiger partial charge in [0.2, 0.25) is 5.91 Å². The molecule has 0 spiro atoms. The third kappa shape index (κ3) is 30.6. The number of likely N-dealkylation sites (N-methyl/N-ethyl adjacent to an activating group) is 2. The van der Waals surface area contributed by atoms with Crippen LogP contribution in [0, 0.1) is 35.5 Å². The fourth-order valence-electron chi connectivity index (χ4n) is 21.3. The van der Waals surface area contributed by atoms with Gasteiger partial charge in [-0.05, 0) is 249 Å². The Labute approximate surface area is 823 Å². The average Bonchev–Trinajstić information content (AvgIpc) is 1.77. The van der Waals surface area contributed by atoms with Crippen LogP contribution in [0.25, 0.3) is 34.0 Å². The van der Waals surface area contributed by atoms with Gasteiger partial charge in [-0.15, -0.1) is 0 Å². The molecular weight excluding hydrogens is 1790 g/mol. The van der Waals surface area contributed by atoms with E-state index in [1.54, 1.807) is 94.6 Å². The average molecular weight is 1960 g/mol. The normalized spacial score (nSPS) is 40.0. The minimum absolute atomic E-state index is 0.0983. The molecule has 14 N–H and O–H groups in total. The maximum Gasteiger partial charge on any atom is 0.328 e. The van der Waals surface area contributed by atoms with Crippen LogP contribution >= 0.6 is 0 Å². The third-order valence-corrected chi connectivity index (χ3v) is 29.7. The number of aromatic nitrogens is 2. The number of nitrogens with two attached hydrogens (primary N) is 1. The molecule has 0 radical (unpaired) electrons. The number of methoxy groups -OCH3 is 2. The SMILES string of the molecule is CC[C@H]1OC(=O)[C@H](C)[C@@H](O[C@H]2C[C@@](C)(OC)[C@@H](O)[C@H](C)O2)[C@H](C)[C@@H](O[C@@H]2O[C@H](C)C[C@H](N(C)C)[C@H]2O)[C@](C)(O)C[C@@H](C)CN(CCCN)[C@H](C)[C@@H](O)[C@]1(C)O.CC[C@H]1OC(=O)[C@H](C)[C@@H](O[C@H]2C[C@@](C)(OC)[C@@H](O)[C@H](C)O2)[C@H](C)[C@@H](O[C@@H]2O[C@H](C)C[C@H](N(C)C)[C@H]2O)[C@](C)(O)C[C@@H](C)CN(CCCNC(=O)/C=C/c2cnc3ccccc3c2)[C@H](C)[C@@H](O)[C@]1(C)O.O=C(O)/C=C/c1cnc2ccccc2c1. The van der Waals surface area contributed by atoms with Crippen molar-refractivity contribution < 1.29 is 132 Å². The second-order valence-corrected chi connectivity index (χ2v) is 42.2. The summed E-state index contributed by atoms with van der Waals surface area (Å²) in [5, 5.41) is 132. The molecule has 6 fully saturated rings. The molecule has 35 heteroatoms. The topological polar surface area (TPSA) is 478 Å². The largest absolute Gasteiger partial charge is 0.478 e. The molecule has 10 rings (SSSR count). The van der Waals surface area contributed by atoms with Crippen molar-refractivity contribution in [3.8, 4) is 0 Å². The monoisotopic (exact) mass is 1960 g/mol. The number of para-hydroxylation sites is 2. The molecule has 6 aliphatic rings. The lowest BCUT2D eigenvalue weighted by atomic mass is 9.77. The van der Waals surface area contributed by atoms with Crippen LogP contribution in [-0.2, 0) is 76.0 Å². The summed E-state index contributed by atoms with van der Waals surface area (Å²) in [7, 11) is 10.5. The molecule has 8 heterocycles. The predicted molar refractivity (Wildman–Crippen MR) is 527 cm³/mol. The summed E-state index contributed by atoms with van der Waals surface area (Å²) in [4.78, 5) is 68.8. The maximum absolute atomic E-state index is 14.6. The molecule has 0 saturated carbocycles. The van der Waals surface area contributed by atoms with Crippen LogP contribution in [0.1, 0.15) is 214 Å². The van der Waals surface area contributed by atoms with Crippen LogP contribution in [0.4, 0.5) is 0 Å². The molecule has 0 aliphatic carbocycles. The molecule has 4 aromatic rings. The molecule has 6 aliphatic heterocycles. The van der Waals surface area contributed by atoms with E-state index >= 15 is 0 Å². The summed E-state index contributed by atoms with van der Waals surface area (Å²) in [5.41, 5.74) is 0.171. The van der Waals surface area contributed by atoms with Crippen molar-refractivity contribution in [1.82, 2.24) is 34.9 Å². The van der Waals surface area contributed by atoms with Crippen LogP contribution < -0.4 is 11.1 Å². The van der Waals surface area contributed by atoms with E-state index in [9.17, 15) is 70.2 Å². The number of hydrogen-bond donors (Lipinski definition) is 13. The molecule has 36 atom stereocenters. The van der Waals surface area contributed by atoms with Gasteiger partial charge in [-0.25, -0.2) is 4.79 Å². The Bertz CT molecular complexity index is 4550. The fraction of sp³-hybridized carbons (Fsp3) is 0.750. The maximum atomic E-state index is 14.6. The molecule has 6 saturated heterocycles. The molecule has 35 nitrogen and oxygen atoms in total. The van der Waals surface area contributed by atoms with Crippen LogP contribution in [0.2, 0.25) is 0 Å². The summed E-state index contributed by atoms with van der Waals surface area (Å²) >= 11 is 0. The number of aliphatic carboxylic acids is 1. The number of cyclic esters (lactones) is 2. The lowest BCUT2D eigenvalue weighted by Crippen LogP contribution is -2.60. The zero-order valence-electron chi connectivity index (χ0n) is 87.1. The first-order valence-corrected chi connectivity index (χ1v) is 49.8. The number of pyridine rings is 2. The number of esters is 2. The van der Waals surface area contributed by atoms with Gasteiger partial charge in [0.1, 0.15) is 60.0 Å². The quantitative estimate of drug-likeness (QED) is 0.0170. The van der Waals surface area contributed by atoms with Gasteiger partial charge in [0, 0.05) is 125 Å². The highest BCUT2D eigenvalue weighted by Gasteiger charge is 2.57. The van der Waals surface area contributed by atoms with Crippen molar-refractivity contribution in [1.29, 1.82) is 0 Å². The number of rotatable bonds is 25. The number of benzene rings is 2. The minimum Gasteiger partial charge on any atom is -0.478 e. The Kier molecular flexibility index (Phi) is 43.7. The first-order chi connectivity index (χ1) is 65.0. The van der Waals surface area contributed by atoms with Crippen molar-refractivity contribution in [3.05, 3.63) is 96.3 Å². The van der Waals surface area contributed by atoms with E-state index in [0.29, 0.717) is 65.0 Å². The zero-order chi connectivity index (χ0) is 104. The van der Waals surface area contributed by atoms with E-state index in [1.165, 1.54) is 40.2 Å². The van der Waals surface area contributed by atoms with Crippen molar-refractivity contribution in [2.24, 2.45) is 41.2 Å². The Balaban J connectivity index is 0.000000300. The number of aliphatic hydroxyl groups is 10. The van der Waals surface area contributed by atoms with Gasteiger partial charge in [0.05, 0.1) is 94.1 Å². The number of carbonyl (C=O) groups is 4. The van der Waals surface area contributed by atoms with Crippen LogP contribution in [0.15, 0.2) is 85.2 Å². The van der Waals surface area contributed by atoms with Crippen molar-refractivity contribution in [2.75, 3.05) is 81.7 Å². The standard InChI is InChI=1S/C52H84N4O13.C40H77N3O12.C12H9NO2/c1-14-40-52(10,63)45(59)34(6)56(23-17-22-53-41(57)21-20-36-25-37-18-15-16-19-38(37)54-28-36)29-30(2)26-50(8,62)47(69-49-43(58)39(55(11)12)24-31(3)65-49)32(4)44(33(5)48(61)67-40)68-42-27-51(9,64-13)46(60)35(7)66-42;1-14-29-40(10,49)33(45)26(6)43(17-15-16-41)21-22(2)19-38(8,48)35(55-37-31(44)28(42(11)12)18-23(3)51-37)24(4)32(25(5)36(47)53-29)54-30-20-39(9,50-13)34(46)27(7)52-30;14-12(15)6-5-9-7-10-3-1-2-4-11(10)13-8-9/h15-16,18-21,25,28,30-35,39-40,42-47,49,58-60,62-63H,14,17,22-24,26-27,29H2,1-13H3,(H,53,57);22-35,37,44-46,48-49H,14-21,41H2,1-13H3;1-8H,(H,14,15)/b21-20+;;6-5+/t30-,31-,32+,33-,34-,35+,39+,40-,42+,43-,44+,45-,46+,47-,49+,50-,51-,52-;22-,23-,24+,25-,26-,27+,28+,29-,30+,31-,32+,33-,34+,35-,37+,38-,39-,40-;/m11./s1. The number of carbonyl (C=O) groups excluding carboxylic acids is 3. The van der Waals surface area contributed by atoms with Gasteiger partial charge in [0.25, 0.3) is 0 Å². The first kappa shape index (κ1) is 118. The molecule has 0 bridgehead atoms. The Morgan fingerprint density at radius 1 is 0.532 bits per heavy atom. The van der Waals surface area contributed by atoms with Gasteiger partial charge in [-0.2, -0.15) is 0 Å². The highest BCUT2D eigenvalue weighted by molar-refractivity contribution is 5.92. The van der Waals surface area contributed by atoms with Gasteiger partial charge in [-0.1, -0.05) is 77.9 Å². The van der Waals surface area contributed by atoms with Gasteiger partial charge in [-0.3, -0.25) is 34.2 Å². The second kappa shape index (κ2) is 51.6. The van der Waals surface area contributed by atoms with Gasteiger partial charge in [0.15, 0.2) is 25.2 Å². The molecule has 139 heavy (non-hydrogen) atoms. The van der Waals surface area contributed by atoms with E-state index in [-0.39, 0.29) is 80.6 Å². The molecule has 0 unspecified atom stereocenters. The predicted octanol–water partition coefficient (Wildman–Crippen LogP) is 7.99. The van der Waals surface area contributed by atoms with Crippen molar-refractivity contribution in [3.63, 3.8) is 0 Å². The van der Waals surface area contributed by atoms with E-state index < -0.39 is 198 Å². The van der Waals surface area contributed by atoms with E-state index in [0.717, 1.165) is 39.0 Å². The van der Waals surface area contributed by atoms with Crippen molar-refractivity contribution in [2.45, 2.75) is 383 Å². The van der Waals surface area contributed by atoms with E-state index in [4.69, 9.17) is 67.7 Å². The van der Waals surface area contributed by atoms with E-state index in [1.807, 2.05) is 152 Å².